The molecular formula is C44H67N5O4. The number of allylic oxidation sites excluding steroid dienone is 1. The van der Waals surface area contributed by atoms with E-state index in [1.807, 2.05) is 24.5 Å². The summed E-state index contributed by atoms with van der Waals surface area (Å²) in [6.07, 6.45) is 13.3. The van der Waals surface area contributed by atoms with Gasteiger partial charge in [-0.3, -0.25) is 9.78 Å². The van der Waals surface area contributed by atoms with Crippen LogP contribution in [0, 0.1) is 62.1 Å². The van der Waals surface area contributed by atoms with Gasteiger partial charge < -0.3 is 20.3 Å². The van der Waals surface area contributed by atoms with Crippen molar-refractivity contribution in [2.45, 2.75) is 132 Å². The summed E-state index contributed by atoms with van der Waals surface area (Å²) >= 11 is 0. The minimum absolute atomic E-state index is 0.115. The fourth-order valence-electron chi connectivity index (χ4n) is 12.8. The molecule has 7 rings (SSSR count). The van der Waals surface area contributed by atoms with Gasteiger partial charge in [0.05, 0.1) is 37.9 Å². The molecule has 3 saturated carbocycles. The third-order valence-electron chi connectivity index (χ3n) is 17.2. The molecule has 2 aromatic rings. The molecule has 0 radical (unpaired) electrons. The summed E-state index contributed by atoms with van der Waals surface area (Å²) in [6, 6.07) is 3.89. The van der Waals surface area contributed by atoms with Gasteiger partial charge >= 0.3 is 5.97 Å². The fraction of sp³-hybridized carbons (Fsp3) is 0.773. The van der Waals surface area contributed by atoms with Crippen LogP contribution in [0.15, 0.2) is 42.5 Å². The topological polar surface area (TPSA) is 125 Å². The van der Waals surface area contributed by atoms with Crippen LogP contribution in [0.3, 0.4) is 0 Å². The van der Waals surface area contributed by atoms with Gasteiger partial charge in [0.25, 0.3) is 0 Å². The zero-order valence-electron chi connectivity index (χ0n) is 34.4. The lowest BCUT2D eigenvalue weighted by Crippen LogP contribution is -2.69. The first-order valence-electron chi connectivity index (χ1n) is 20.4. The summed E-state index contributed by atoms with van der Waals surface area (Å²) in [5.41, 5.74) is 7.43. The first kappa shape index (κ1) is 38.6. The maximum atomic E-state index is 13.6. The number of nitrogens with zero attached hydrogens (tertiary/aromatic N) is 4. The van der Waals surface area contributed by atoms with E-state index in [1.54, 1.807) is 6.33 Å². The largest absolute Gasteiger partial charge is 0.481 e. The Labute approximate surface area is 318 Å². The van der Waals surface area contributed by atoms with E-state index >= 15 is 0 Å². The zero-order chi connectivity index (χ0) is 38.6. The van der Waals surface area contributed by atoms with Gasteiger partial charge in [-0.25, -0.2) is 9.67 Å². The second kappa shape index (κ2) is 12.7. The van der Waals surface area contributed by atoms with E-state index in [0.717, 1.165) is 49.9 Å². The van der Waals surface area contributed by atoms with E-state index in [4.69, 9.17) is 25.3 Å². The summed E-state index contributed by atoms with van der Waals surface area (Å²) < 4.78 is 16.1. The predicted octanol–water partition coefficient (Wildman–Crippen LogP) is 8.62. The van der Waals surface area contributed by atoms with Gasteiger partial charge in [-0.15, -0.1) is 0 Å². The standard InChI is InChI=1S/C44H67N5O4/c1-27(2)28(3)39(7)18-19-41(9)30-12-13-33-40(8)23-52-25-44(33,31(30)14-17-42(41,10)34(39)37(50)51)22-32(35(40)53-24-43(11,45)38(4,5)6)49-36(47-26-48-49)29-15-20-46-21-16-29/h14-16,20-21,26-28,30,32-35H,12-13,17-19,22-25,45H2,1-11H3,(H,50,51)/t28-,30+,32-,33+,34-,35+,39-,40-,41-,42+,43-,44+/m1/s1. The molecule has 0 amide bonds. The van der Waals surface area contributed by atoms with Crippen molar-refractivity contribution in [3.8, 4) is 11.4 Å². The molecule has 2 bridgehead atoms. The van der Waals surface area contributed by atoms with Crippen molar-refractivity contribution in [3.63, 3.8) is 0 Å². The summed E-state index contributed by atoms with van der Waals surface area (Å²) in [7, 11) is 0. The number of pyridine rings is 1. The average molecular weight is 730 g/mol. The van der Waals surface area contributed by atoms with Crippen LogP contribution < -0.4 is 5.73 Å². The van der Waals surface area contributed by atoms with Crippen LogP contribution in [-0.4, -0.2) is 62.3 Å². The van der Waals surface area contributed by atoms with Gasteiger partial charge in [-0.05, 0) is 103 Å². The smallest absolute Gasteiger partial charge is 0.307 e. The highest BCUT2D eigenvalue weighted by molar-refractivity contribution is 5.73. The Hall–Kier alpha value is -2.62. The number of carboxylic acid groups (broad SMARTS) is 1. The van der Waals surface area contributed by atoms with Crippen molar-refractivity contribution < 1.29 is 19.4 Å². The van der Waals surface area contributed by atoms with E-state index in [0.29, 0.717) is 37.6 Å². The minimum Gasteiger partial charge on any atom is -0.481 e. The van der Waals surface area contributed by atoms with Crippen molar-refractivity contribution >= 4 is 5.97 Å². The SMILES string of the molecule is CC(C)[C@@H](C)[C@@]1(C)CC[C@]2(C)[C@H]3CC[C@@H]4[C@@]5(COC[C@@]4(C)[C@@H](OC[C@@](C)(N)C(C)(C)C)[C@H](n4ncnc4-c4ccncc4)C5)C3=CC[C@@]2(C)[C@@H]1C(=O)O. The van der Waals surface area contributed by atoms with Crippen LogP contribution >= 0.6 is 0 Å². The molecule has 3 heterocycles. The zero-order valence-corrected chi connectivity index (χ0v) is 34.4. The normalized spacial score (nSPS) is 41.4. The number of carbonyl (C=O) groups is 1. The summed E-state index contributed by atoms with van der Waals surface area (Å²) in [6.45, 7) is 26.6. The van der Waals surface area contributed by atoms with Crippen molar-refractivity contribution in [3.05, 3.63) is 42.5 Å². The maximum Gasteiger partial charge on any atom is 0.307 e. The molecule has 53 heavy (non-hydrogen) atoms. The molecule has 0 unspecified atom stereocenters. The van der Waals surface area contributed by atoms with Crippen molar-refractivity contribution in [1.82, 2.24) is 19.7 Å². The molecule has 12 atom stereocenters. The average Bonchev–Trinajstić information content (AvgIpc) is 3.57. The highest BCUT2D eigenvalue weighted by atomic mass is 16.5. The Bertz CT molecular complexity index is 1730. The number of aromatic nitrogens is 4. The molecule has 292 valence electrons. The molecule has 0 spiro atoms. The number of ether oxygens (including phenoxy) is 2. The first-order chi connectivity index (χ1) is 24.7. The number of hydrogen-bond donors (Lipinski definition) is 2. The number of aliphatic carboxylic acids is 1. The number of fused-ring (bicyclic) bond motifs is 3. The molecular weight excluding hydrogens is 663 g/mol. The fourth-order valence-corrected chi connectivity index (χ4v) is 12.8. The van der Waals surface area contributed by atoms with Gasteiger partial charge in [0.2, 0.25) is 0 Å². The van der Waals surface area contributed by atoms with Gasteiger partial charge in [-0.2, -0.15) is 5.10 Å². The van der Waals surface area contributed by atoms with Crippen molar-refractivity contribution in [1.29, 1.82) is 0 Å². The van der Waals surface area contributed by atoms with Crippen LogP contribution in [0.5, 0.6) is 0 Å². The Morgan fingerprint density at radius 1 is 1.06 bits per heavy atom. The third kappa shape index (κ3) is 5.47. The summed E-state index contributed by atoms with van der Waals surface area (Å²) in [4.78, 5) is 22.7. The molecule has 4 fully saturated rings. The Balaban J connectivity index is 1.35. The molecule has 9 nitrogen and oxygen atoms in total. The Morgan fingerprint density at radius 2 is 1.75 bits per heavy atom. The molecule has 3 N–H and O–H groups in total. The van der Waals surface area contributed by atoms with E-state index in [1.165, 1.54) is 5.57 Å². The second-order valence-corrected chi connectivity index (χ2v) is 20.8. The lowest BCUT2D eigenvalue weighted by atomic mass is 9.34. The van der Waals surface area contributed by atoms with Crippen molar-refractivity contribution in [2.75, 3.05) is 19.8 Å². The molecule has 0 aromatic carbocycles. The lowest BCUT2D eigenvalue weighted by Gasteiger charge is -2.71. The predicted molar refractivity (Wildman–Crippen MR) is 208 cm³/mol. The number of nitrogens with two attached hydrogens (primary N) is 1. The molecule has 2 aromatic heterocycles. The van der Waals surface area contributed by atoms with Crippen LogP contribution in [0.25, 0.3) is 11.4 Å². The van der Waals surface area contributed by atoms with E-state index in [-0.39, 0.29) is 50.6 Å². The first-order valence-corrected chi connectivity index (χ1v) is 20.4. The molecule has 4 aliphatic carbocycles. The molecule has 1 saturated heterocycles. The molecule has 9 heteroatoms. The Kier molecular flexibility index (Phi) is 9.26. The van der Waals surface area contributed by atoms with Crippen LogP contribution in [0.2, 0.25) is 0 Å². The monoisotopic (exact) mass is 730 g/mol. The van der Waals surface area contributed by atoms with E-state index in [2.05, 4.69) is 91.9 Å². The highest BCUT2D eigenvalue weighted by Crippen LogP contribution is 2.75. The van der Waals surface area contributed by atoms with Crippen LogP contribution in [-0.2, 0) is 14.3 Å². The summed E-state index contributed by atoms with van der Waals surface area (Å²) in [5.74, 6) is 1.12. The number of carboxylic acids is 1. The summed E-state index contributed by atoms with van der Waals surface area (Å²) in [5, 5.41) is 16.1. The van der Waals surface area contributed by atoms with Crippen LogP contribution in [0.1, 0.15) is 121 Å². The number of rotatable bonds is 8. The Morgan fingerprint density at radius 3 is 2.40 bits per heavy atom. The minimum atomic E-state index is -0.625. The second-order valence-electron chi connectivity index (χ2n) is 20.8. The van der Waals surface area contributed by atoms with Gasteiger partial charge in [-0.1, -0.05) is 80.9 Å². The van der Waals surface area contributed by atoms with Crippen LogP contribution in [0.4, 0.5) is 0 Å². The molecule has 5 aliphatic rings. The number of hydrogen-bond acceptors (Lipinski definition) is 7. The quantitative estimate of drug-likeness (QED) is 0.259. The van der Waals surface area contributed by atoms with E-state index < -0.39 is 17.4 Å². The third-order valence-corrected chi connectivity index (χ3v) is 17.2. The van der Waals surface area contributed by atoms with Crippen molar-refractivity contribution in [2.24, 2.45) is 67.8 Å². The van der Waals surface area contributed by atoms with E-state index in [9.17, 15) is 9.90 Å². The molecule has 1 aliphatic heterocycles. The maximum absolute atomic E-state index is 13.6. The van der Waals surface area contributed by atoms with Gasteiger partial charge in [0.15, 0.2) is 5.82 Å². The van der Waals surface area contributed by atoms with Gasteiger partial charge in [0, 0.05) is 34.3 Å². The lowest BCUT2D eigenvalue weighted by molar-refractivity contribution is -0.253. The van der Waals surface area contributed by atoms with Gasteiger partial charge in [0.1, 0.15) is 6.33 Å². The highest BCUT2D eigenvalue weighted by Gasteiger charge is 2.72.